The van der Waals surface area contributed by atoms with Gasteiger partial charge in [0.05, 0.1) is 10.6 Å². The third kappa shape index (κ3) is 3.26. The van der Waals surface area contributed by atoms with Crippen LogP contribution < -0.4 is 5.32 Å². The average Bonchev–Trinajstić information content (AvgIpc) is 3.16. The van der Waals surface area contributed by atoms with Crippen molar-refractivity contribution < 1.29 is 13.2 Å². The van der Waals surface area contributed by atoms with E-state index in [4.69, 9.17) is 0 Å². The van der Waals surface area contributed by atoms with Gasteiger partial charge in [-0.05, 0) is 57.4 Å². The molecular weight excluding hydrogens is 352 g/mol. The van der Waals surface area contributed by atoms with Gasteiger partial charge in [0.15, 0.2) is 0 Å². The molecule has 0 saturated heterocycles. The molecule has 26 heavy (non-hydrogen) atoms. The number of amides is 1. The Kier molecular flexibility index (Phi) is 4.90. The van der Waals surface area contributed by atoms with Gasteiger partial charge in [-0.15, -0.1) is 0 Å². The summed E-state index contributed by atoms with van der Waals surface area (Å²) < 4.78 is 28.0. The van der Waals surface area contributed by atoms with Crippen LogP contribution in [0.25, 0.3) is 0 Å². The van der Waals surface area contributed by atoms with Gasteiger partial charge in [-0.3, -0.25) is 9.48 Å². The normalized spacial score (nSPS) is 14.1. The highest BCUT2D eigenvalue weighted by atomic mass is 32.2. The van der Waals surface area contributed by atoms with Crippen LogP contribution in [0, 0.1) is 0 Å². The van der Waals surface area contributed by atoms with E-state index in [0.29, 0.717) is 5.56 Å². The predicted octanol–water partition coefficient (Wildman–Crippen LogP) is 2.19. The number of hydrogen-bond donors (Lipinski definition) is 1. The number of carbonyl (C=O) groups excluding carboxylic acids is 1. The number of aryl methyl sites for hydroxylation is 2. The number of hydrogen-bond acceptors (Lipinski definition) is 4. The Morgan fingerprint density at radius 3 is 2.50 bits per heavy atom. The van der Waals surface area contributed by atoms with Crippen molar-refractivity contribution in [3.05, 3.63) is 41.1 Å². The Hall–Kier alpha value is -2.19. The van der Waals surface area contributed by atoms with Gasteiger partial charge in [0.25, 0.3) is 5.91 Å². The molecule has 0 saturated carbocycles. The molecule has 0 atom stereocenters. The number of anilines is 1. The summed E-state index contributed by atoms with van der Waals surface area (Å²) in [4.78, 5) is 12.7. The third-order valence-corrected chi connectivity index (χ3v) is 6.87. The molecule has 0 radical (unpaired) electrons. The summed E-state index contributed by atoms with van der Waals surface area (Å²) in [5.41, 5.74) is 2.55. The standard InChI is InChI=1S/C18H24N4O3S/c1-12(2)22(4)26(24,25)14-10-8-13(9-11-14)18(23)19-17-15-6-5-7-16(15)20-21(17)3/h8-12H,5-7H2,1-4H3,(H,19,23). The molecule has 0 bridgehead atoms. The molecule has 140 valence electrons. The second-order valence-electron chi connectivity index (χ2n) is 6.84. The molecule has 0 fully saturated rings. The molecule has 0 unspecified atom stereocenters. The van der Waals surface area contributed by atoms with Crippen LogP contribution in [0.2, 0.25) is 0 Å². The number of rotatable bonds is 5. The summed E-state index contributed by atoms with van der Waals surface area (Å²) in [6.45, 7) is 3.62. The number of carbonyl (C=O) groups is 1. The van der Waals surface area contributed by atoms with E-state index in [-0.39, 0.29) is 16.8 Å². The maximum atomic E-state index is 12.6. The molecule has 1 aromatic heterocycles. The molecule has 1 heterocycles. The number of nitrogens with one attached hydrogen (secondary N) is 1. The maximum Gasteiger partial charge on any atom is 0.256 e. The Morgan fingerprint density at radius 1 is 1.23 bits per heavy atom. The zero-order valence-electron chi connectivity index (χ0n) is 15.5. The van der Waals surface area contributed by atoms with Crippen molar-refractivity contribution in [3.63, 3.8) is 0 Å². The number of aromatic nitrogens is 2. The first-order valence-corrected chi connectivity index (χ1v) is 10.1. The number of benzene rings is 1. The molecule has 1 N–H and O–H groups in total. The summed E-state index contributed by atoms with van der Waals surface area (Å²) in [5, 5.41) is 7.34. The molecule has 7 nitrogen and oxygen atoms in total. The van der Waals surface area contributed by atoms with E-state index in [9.17, 15) is 13.2 Å². The van der Waals surface area contributed by atoms with Crippen molar-refractivity contribution in [2.24, 2.45) is 7.05 Å². The van der Waals surface area contributed by atoms with E-state index < -0.39 is 10.0 Å². The van der Waals surface area contributed by atoms with Crippen molar-refractivity contribution >= 4 is 21.7 Å². The predicted molar refractivity (Wildman–Crippen MR) is 99.7 cm³/mol. The summed E-state index contributed by atoms with van der Waals surface area (Å²) in [6.07, 6.45) is 2.91. The number of nitrogens with zero attached hydrogens (tertiary/aromatic N) is 3. The lowest BCUT2D eigenvalue weighted by atomic mass is 10.2. The van der Waals surface area contributed by atoms with Gasteiger partial charge in [-0.1, -0.05) is 0 Å². The lowest BCUT2D eigenvalue weighted by molar-refractivity contribution is 0.102. The van der Waals surface area contributed by atoms with Gasteiger partial charge < -0.3 is 5.32 Å². The molecule has 1 aliphatic rings. The molecular formula is C18H24N4O3S. The van der Waals surface area contributed by atoms with Gasteiger partial charge in [0.1, 0.15) is 5.82 Å². The Bertz CT molecular complexity index is 930. The minimum Gasteiger partial charge on any atom is -0.307 e. The topological polar surface area (TPSA) is 84.3 Å². The van der Waals surface area contributed by atoms with Crippen LogP contribution in [0.15, 0.2) is 29.2 Å². The van der Waals surface area contributed by atoms with Crippen LogP contribution in [0.4, 0.5) is 5.82 Å². The highest BCUT2D eigenvalue weighted by molar-refractivity contribution is 7.89. The molecule has 3 rings (SSSR count). The molecule has 1 amide bonds. The monoisotopic (exact) mass is 376 g/mol. The van der Waals surface area contributed by atoms with E-state index >= 15 is 0 Å². The van der Waals surface area contributed by atoms with E-state index in [2.05, 4.69) is 10.4 Å². The van der Waals surface area contributed by atoms with Gasteiger partial charge in [0.2, 0.25) is 10.0 Å². The van der Waals surface area contributed by atoms with Crippen molar-refractivity contribution in [3.8, 4) is 0 Å². The van der Waals surface area contributed by atoms with Crippen LogP contribution in [-0.4, -0.2) is 41.5 Å². The molecule has 1 aliphatic carbocycles. The fraction of sp³-hybridized carbons (Fsp3) is 0.444. The van der Waals surface area contributed by atoms with Crippen molar-refractivity contribution in [1.29, 1.82) is 0 Å². The van der Waals surface area contributed by atoms with E-state index in [1.54, 1.807) is 11.7 Å². The van der Waals surface area contributed by atoms with Crippen molar-refractivity contribution in [2.45, 2.75) is 44.0 Å². The Balaban J connectivity index is 1.80. The van der Waals surface area contributed by atoms with Gasteiger partial charge in [-0.2, -0.15) is 9.40 Å². The minimum atomic E-state index is -3.56. The van der Waals surface area contributed by atoms with Crippen LogP contribution in [0.1, 0.15) is 41.9 Å². The van der Waals surface area contributed by atoms with E-state index in [1.165, 1.54) is 28.6 Å². The van der Waals surface area contributed by atoms with Gasteiger partial charge in [0, 0.05) is 31.3 Å². The number of sulfonamides is 1. The zero-order valence-corrected chi connectivity index (χ0v) is 16.3. The highest BCUT2D eigenvalue weighted by Gasteiger charge is 2.24. The largest absolute Gasteiger partial charge is 0.307 e. The van der Waals surface area contributed by atoms with Gasteiger partial charge in [-0.25, -0.2) is 8.42 Å². The second-order valence-corrected chi connectivity index (χ2v) is 8.84. The first kappa shape index (κ1) is 18.6. The SMILES string of the molecule is CC(C)N(C)S(=O)(=O)c1ccc(C(=O)Nc2c3c(nn2C)CCC3)cc1. The first-order chi connectivity index (χ1) is 12.2. The van der Waals surface area contributed by atoms with Gasteiger partial charge >= 0.3 is 0 Å². The quantitative estimate of drug-likeness (QED) is 0.867. The zero-order chi connectivity index (χ0) is 19.1. The van der Waals surface area contributed by atoms with Crippen molar-refractivity contribution in [2.75, 3.05) is 12.4 Å². The molecule has 2 aromatic rings. The maximum absolute atomic E-state index is 12.6. The van der Waals surface area contributed by atoms with E-state index in [0.717, 1.165) is 36.3 Å². The van der Waals surface area contributed by atoms with Crippen LogP contribution in [0.3, 0.4) is 0 Å². The Labute approximate surface area is 154 Å². The number of fused-ring (bicyclic) bond motifs is 1. The fourth-order valence-corrected chi connectivity index (χ4v) is 4.45. The second kappa shape index (κ2) is 6.85. The van der Waals surface area contributed by atoms with E-state index in [1.807, 2.05) is 20.9 Å². The summed E-state index contributed by atoms with van der Waals surface area (Å²) >= 11 is 0. The summed E-state index contributed by atoms with van der Waals surface area (Å²) in [6, 6.07) is 5.86. The third-order valence-electron chi connectivity index (χ3n) is 4.82. The minimum absolute atomic E-state index is 0.144. The fourth-order valence-electron chi connectivity index (χ4n) is 3.08. The Morgan fingerprint density at radius 2 is 1.88 bits per heavy atom. The van der Waals surface area contributed by atoms with Crippen LogP contribution >= 0.6 is 0 Å². The molecule has 0 spiro atoms. The van der Waals surface area contributed by atoms with Crippen LogP contribution in [-0.2, 0) is 29.9 Å². The average molecular weight is 376 g/mol. The lowest BCUT2D eigenvalue weighted by Crippen LogP contribution is -2.33. The highest BCUT2D eigenvalue weighted by Crippen LogP contribution is 2.28. The molecule has 8 heteroatoms. The first-order valence-electron chi connectivity index (χ1n) is 8.66. The van der Waals surface area contributed by atoms with Crippen LogP contribution in [0.5, 0.6) is 0 Å². The lowest BCUT2D eigenvalue weighted by Gasteiger charge is -2.21. The molecule has 0 aliphatic heterocycles. The van der Waals surface area contributed by atoms with Crippen molar-refractivity contribution in [1.82, 2.24) is 14.1 Å². The summed E-state index contributed by atoms with van der Waals surface area (Å²) in [5.74, 6) is 0.447. The smallest absolute Gasteiger partial charge is 0.256 e. The summed E-state index contributed by atoms with van der Waals surface area (Å²) in [7, 11) is -0.202. The molecule has 1 aromatic carbocycles.